The molecule has 0 amide bonds. The predicted molar refractivity (Wildman–Crippen MR) is 398 cm³/mol. The molecule has 0 aliphatic heterocycles. The molecule has 20 nitrogen and oxygen atoms in total. The fourth-order valence-corrected chi connectivity index (χ4v) is 0. The fourth-order valence-electron chi connectivity index (χ4n) is 0. The topological polar surface area (TPSA) is 354 Å². The molecule has 103 heavy (non-hydrogen) atoms. The summed E-state index contributed by atoms with van der Waals surface area (Å²) in [5.74, 6) is 0. The van der Waals surface area contributed by atoms with Crippen LogP contribution in [0.4, 0.5) is 0 Å². The monoisotopic (exact) mass is 3980 g/mol. The van der Waals surface area contributed by atoms with Gasteiger partial charge < -0.3 is 97.1 Å². The first-order valence-electron chi connectivity index (χ1n) is 20.0. The molecule has 728 valence electrons. The maximum absolute atomic E-state index is 7.75. The van der Waals surface area contributed by atoms with Crippen LogP contribution >= 0.6 is 79.2 Å². The van der Waals surface area contributed by atoms with Gasteiger partial charge in [0.2, 0.25) is 0 Å². The van der Waals surface area contributed by atoms with E-state index < -0.39 is 0 Å². The van der Waals surface area contributed by atoms with Gasteiger partial charge in [0.05, 0.1) is 0 Å². The van der Waals surface area contributed by atoms with Gasteiger partial charge >= 0.3 is 123 Å². The molecule has 0 aromatic heterocycles. The summed E-state index contributed by atoms with van der Waals surface area (Å²) in [6, 6.07) is 0. The molecule has 0 saturated heterocycles. The summed E-state index contributed by atoms with van der Waals surface area (Å²) in [5.41, 5.74) is 0. The average Bonchev–Trinajstić information content (AvgIpc) is 3.44. The van der Waals surface area contributed by atoms with Gasteiger partial charge in [-0.15, -0.1) is 0 Å². The van der Waals surface area contributed by atoms with Crippen LogP contribution in [0.5, 0.6) is 0 Å². The number of rotatable bonds is 0. The summed E-state index contributed by atoms with van der Waals surface area (Å²) in [5, 5.41) is 27.0. The second kappa shape index (κ2) is 789. The van der Waals surface area contributed by atoms with E-state index in [2.05, 4.69) is 337 Å². The van der Waals surface area contributed by atoms with Gasteiger partial charge in [-0.3, -0.25) is 109 Å². The first kappa shape index (κ1) is 384. The Bertz CT molecular complexity index is 490. The minimum Gasteiger partial charge on any atom is -0.569 e. The van der Waals surface area contributed by atoms with Crippen LogP contribution < -0.4 is 0 Å². The molecule has 0 heterocycles. The van der Waals surface area contributed by atoms with Crippen LogP contribution in [-0.2, 0) is 550 Å². The van der Waals surface area contributed by atoms with E-state index in [9.17, 15) is 0 Å². The van der Waals surface area contributed by atoms with Crippen LogP contribution in [-0.4, -0.2) is 329 Å². The van der Waals surface area contributed by atoms with Gasteiger partial charge in [-0.05, 0) is 79.2 Å². The van der Waals surface area contributed by atoms with Crippen LogP contribution in [0, 0.1) is 28.4 Å². The zero-order chi connectivity index (χ0) is 75.8. The molecule has 0 fully saturated rings. The number of aliphatic hydroxyl groups is 4. The molecule has 2 radical (unpaired) electrons. The SMILES string of the molecule is C[PH+](C)C.C[PH+](C)C.C[PH+](C)C.C[PH+](C)C.C[PH+](C)C.C[PH+](C)C.C[PH+](C)C.C[PH+](C)C.C[PH+](C)C.C[PH+](C)C.[Au].[Au].[CH-]=O.[CH-]=O.[CH-]=O.[CH-]=O.[CH-]=O.[CH-]=O.[CH-]=O.[CH-]=O.[CH-]=O.[CH-]=O.[CH-]=O.[CH-]=O.[CH-]=O.[CH-]=O.[CH-]=O.[CH-]=O.[CH2-]O.[CH2-]O.[CH2-]O.[CH2-]O.[Pd+2].[Pd+2].[Pd+2].[Pd+2].[Pd+2].[Pd+2].[Pd].[Pd].[Pd].[Pd].[Pd].[Pd].[Pd].[Pd].[Pd].[Pd].[Pd].[Pd].[Pd].[Pd].[Pd]. The molecule has 0 bridgehead atoms. The van der Waals surface area contributed by atoms with Crippen molar-refractivity contribution in [3.63, 3.8) is 0 Å². The first-order chi connectivity index (χ1) is 37.3. The Kier molecular flexibility index (Phi) is 2940. The number of hydrogen-bond acceptors (Lipinski definition) is 20. The Morgan fingerprint density at radius 2 is 0.126 bits per heavy atom. The molecule has 0 aliphatic carbocycles. The molecule has 0 aliphatic rings. The van der Waals surface area contributed by atoms with E-state index in [4.69, 9.17) is 97.1 Å². The summed E-state index contributed by atoms with van der Waals surface area (Å²) >= 11 is 0. The third-order valence-corrected chi connectivity index (χ3v) is 0. The second-order valence-electron chi connectivity index (χ2n) is 15.0. The van der Waals surface area contributed by atoms with Gasteiger partial charge in [0, 0.05) is 551 Å². The molecule has 0 aromatic rings. The van der Waals surface area contributed by atoms with Crippen LogP contribution in [0.2, 0.25) is 0 Å². The minimum atomic E-state index is 0. The van der Waals surface area contributed by atoms with E-state index >= 15 is 0 Å². The third kappa shape index (κ3) is 7470. The van der Waals surface area contributed by atoms with Crippen molar-refractivity contribution in [1.29, 1.82) is 0 Å². The molecule has 0 spiro atoms. The van der Waals surface area contributed by atoms with Crippen molar-refractivity contribution in [2.45, 2.75) is 0 Å². The normalized spacial score (nSPS) is 4.35. The van der Waals surface area contributed by atoms with Gasteiger partial charge in [-0.25, -0.2) is 28.4 Å². The number of hydrogen-bond donors (Lipinski definition) is 4. The van der Waals surface area contributed by atoms with Crippen molar-refractivity contribution in [3.8, 4) is 0 Å². The van der Waals surface area contributed by atoms with Crippen molar-refractivity contribution in [3.05, 3.63) is 28.4 Å². The Morgan fingerprint density at radius 3 is 0.126 bits per heavy atom. The molecule has 4 N–H and O–H groups in total. The van der Waals surface area contributed by atoms with Crippen molar-refractivity contribution in [1.82, 2.24) is 0 Å². The summed E-state index contributed by atoms with van der Waals surface area (Å²) < 4.78 is 0. The smallest absolute Gasteiger partial charge is 0.569 e. The van der Waals surface area contributed by atoms with Gasteiger partial charge in [0.25, 0.3) is 0 Å². The summed E-state index contributed by atoms with van der Waals surface area (Å²) in [6.45, 7) is 120. The summed E-state index contributed by atoms with van der Waals surface area (Å²) in [6.07, 6.45) is 0. The van der Waals surface area contributed by atoms with Gasteiger partial charge in [-0.1, -0.05) is 0 Å². The Morgan fingerprint density at radius 1 is 0.126 bits per heavy atom. The van der Waals surface area contributed by atoms with E-state index in [0.717, 1.165) is 0 Å². The Balaban J connectivity index is -0.00000000491. The van der Waals surface area contributed by atoms with E-state index in [1.807, 2.05) is 0 Å². The van der Waals surface area contributed by atoms with E-state index in [1.165, 1.54) is 0 Å². The zero-order valence-corrected chi connectivity index (χ0v) is 110. The maximum Gasteiger partial charge on any atom is 2.00 e. The minimum absolute atomic E-state index is 0. The molecule has 0 saturated carbocycles. The maximum atomic E-state index is 7.75. The number of aliphatic hydroxyl groups excluding tert-OH is 4. The van der Waals surface area contributed by atoms with Crippen LogP contribution in [0.1, 0.15) is 0 Å². The van der Waals surface area contributed by atoms with E-state index in [1.54, 1.807) is 0 Å². The molecular weight excluding hydrogens is 3860 g/mol. The largest absolute Gasteiger partial charge is 2.00 e. The average molecular weight is 3990 g/mol. The molecule has 0 aromatic carbocycles. The predicted octanol–water partition coefficient (Wildman–Crippen LogP) is 7.06. The van der Waals surface area contributed by atoms with Crippen molar-refractivity contribution in [2.75, 3.05) is 200 Å². The second-order valence-corrected chi connectivity index (χ2v) is 45.0. The Labute approximate surface area is 969 Å². The van der Waals surface area contributed by atoms with E-state index in [0.29, 0.717) is 0 Å². The van der Waals surface area contributed by atoms with Crippen molar-refractivity contribution >= 4 is 188 Å². The first-order valence-corrected chi connectivity index (χ1v) is 50.0. The third-order valence-electron chi connectivity index (χ3n) is 0. The zero-order valence-electron chi connectivity index (χ0n) is 62.6. The van der Waals surface area contributed by atoms with Gasteiger partial charge in [0.15, 0.2) is 0 Å². The molecular formula is C50H128Au2O20P10Pd21+2. The quantitative estimate of drug-likeness (QED) is 0.0816. The van der Waals surface area contributed by atoms with Crippen LogP contribution in [0.25, 0.3) is 0 Å². The molecule has 0 rings (SSSR count). The molecule has 0 atom stereocenters. The molecule has 0 unspecified atom stereocenters. The van der Waals surface area contributed by atoms with Crippen LogP contribution in [0.15, 0.2) is 0 Å². The molecule has 53 heteroatoms. The number of carbonyl (C=O) groups excluding carboxylic acids is 16. The van der Waals surface area contributed by atoms with E-state index in [-0.39, 0.29) is 553 Å². The van der Waals surface area contributed by atoms with Crippen molar-refractivity contribution in [2.24, 2.45) is 0 Å². The summed E-state index contributed by atoms with van der Waals surface area (Å²) in [4.78, 5) is 124. The fraction of sp³-hybridized carbons (Fsp3) is 0.600. The standard InChI is InChI=1S/10C3H9P.4CH3O.16CHO.2Au.21Pd/c10*1-4(2)3;20*1-2;;;;;;;;;;;;;;;;;;;;;;;/h10*1-3H3;4*2H,1H2;16*1H;;;;;;;;;;;;;;;;;;;;;;;/q;;;;;;;;;;20*-1;;;;;;;;;;;;;;;;;;6*+2/p+10. The van der Waals surface area contributed by atoms with Crippen LogP contribution in [0.3, 0.4) is 0 Å². The van der Waals surface area contributed by atoms with Gasteiger partial charge in [-0.2, -0.15) is 0 Å². The summed E-state index contributed by atoms with van der Waals surface area (Å²) in [7, 11) is 10.2. The Hall–Kier alpha value is 14.2. The van der Waals surface area contributed by atoms with Gasteiger partial charge in [0.1, 0.15) is 0 Å². The van der Waals surface area contributed by atoms with Crippen molar-refractivity contribution < 1.29 is 571 Å².